The molecule has 114 valence electrons. The molecule has 1 fully saturated rings. The van der Waals surface area contributed by atoms with Crippen molar-refractivity contribution < 1.29 is 0 Å². The van der Waals surface area contributed by atoms with Crippen LogP contribution in [0.25, 0.3) is 10.6 Å². The van der Waals surface area contributed by atoms with Crippen molar-refractivity contribution in [2.75, 3.05) is 13.1 Å². The number of piperidine rings is 1. The quantitative estimate of drug-likeness (QED) is 0.777. The lowest BCUT2D eigenvalue weighted by atomic mass is 9.94. The molecule has 2 N–H and O–H groups in total. The Kier molecular flexibility index (Phi) is 3.78. The fraction of sp³-hybridized carbons (Fsp3) is 0.375. The Morgan fingerprint density at radius 3 is 3.09 bits per heavy atom. The first-order valence-electron chi connectivity index (χ1n) is 7.68. The van der Waals surface area contributed by atoms with Crippen molar-refractivity contribution in [3.63, 3.8) is 0 Å². The molecule has 3 aromatic heterocycles. The van der Waals surface area contributed by atoms with E-state index in [0.717, 1.165) is 19.6 Å². The lowest BCUT2D eigenvalue weighted by Crippen LogP contribution is -2.34. The molecule has 22 heavy (non-hydrogen) atoms. The summed E-state index contributed by atoms with van der Waals surface area (Å²) in [5.41, 5.74) is 3.71. The number of H-pyrrole nitrogens is 2. The van der Waals surface area contributed by atoms with Gasteiger partial charge in [0.1, 0.15) is 0 Å². The first kappa shape index (κ1) is 13.7. The normalized spacial score (nSPS) is 19.5. The molecule has 0 spiro atoms. The van der Waals surface area contributed by atoms with Crippen LogP contribution in [0, 0.1) is 0 Å². The molecule has 0 unspecified atom stereocenters. The second-order valence-electron chi connectivity index (χ2n) is 5.83. The standard InChI is InChI=1S/C16H19N5S/c1-3-12(14-5-6-17-19-14)10-21(7-1)11-13-9-18-20-16(13)15-4-2-8-22-15/h2,4-6,8-9,12H,1,3,7,10-11H2,(H,17,19)(H,18,20)/t12-/m1/s1. The van der Waals surface area contributed by atoms with E-state index in [1.165, 1.54) is 34.7 Å². The number of nitrogens with one attached hydrogen (secondary N) is 2. The first-order valence-corrected chi connectivity index (χ1v) is 8.56. The summed E-state index contributed by atoms with van der Waals surface area (Å²) in [6, 6.07) is 6.33. The first-order chi connectivity index (χ1) is 10.9. The van der Waals surface area contributed by atoms with Crippen LogP contribution in [-0.4, -0.2) is 38.4 Å². The molecular formula is C16H19N5S. The van der Waals surface area contributed by atoms with Crippen LogP contribution in [0.3, 0.4) is 0 Å². The van der Waals surface area contributed by atoms with E-state index < -0.39 is 0 Å². The molecule has 1 aliphatic rings. The SMILES string of the molecule is c1csc(-c2[nH]ncc2CN2CCC[C@@H](c3ccn[nH]3)C2)c1. The number of aromatic amines is 2. The highest BCUT2D eigenvalue weighted by atomic mass is 32.1. The average Bonchev–Trinajstić information content (AvgIpc) is 3.29. The lowest BCUT2D eigenvalue weighted by Gasteiger charge is -2.32. The van der Waals surface area contributed by atoms with Gasteiger partial charge in [0, 0.05) is 36.5 Å². The van der Waals surface area contributed by atoms with Crippen LogP contribution in [0.5, 0.6) is 0 Å². The maximum atomic E-state index is 4.25. The summed E-state index contributed by atoms with van der Waals surface area (Å²) in [5, 5.41) is 16.7. The molecule has 0 bridgehead atoms. The van der Waals surface area contributed by atoms with Gasteiger partial charge in [-0.05, 0) is 36.9 Å². The molecule has 1 atom stereocenters. The number of hydrogen-bond donors (Lipinski definition) is 2. The van der Waals surface area contributed by atoms with Crippen molar-refractivity contribution in [1.29, 1.82) is 0 Å². The highest BCUT2D eigenvalue weighted by Crippen LogP contribution is 2.29. The van der Waals surface area contributed by atoms with Gasteiger partial charge in [0.25, 0.3) is 0 Å². The van der Waals surface area contributed by atoms with Crippen LogP contribution in [0.15, 0.2) is 36.0 Å². The zero-order valence-corrected chi connectivity index (χ0v) is 13.1. The van der Waals surface area contributed by atoms with E-state index in [1.807, 2.05) is 12.4 Å². The van der Waals surface area contributed by atoms with E-state index in [2.05, 4.69) is 48.9 Å². The molecular weight excluding hydrogens is 294 g/mol. The van der Waals surface area contributed by atoms with E-state index in [-0.39, 0.29) is 0 Å². The third-order valence-electron chi connectivity index (χ3n) is 4.35. The lowest BCUT2D eigenvalue weighted by molar-refractivity contribution is 0.198. The average molecular weight is 313 g/mol. The summed E-state index contributed by atoms with van der Waals surface area (Å²) >= 11 is 1.75. The fourth-order valence-electron chi connectivity index (χ4n) is 3.25. The zero-order valence-electron chi connectivity index (χ0n) is 12.3. The van der Waals surface area contributed by atoms with Crippen LogP contribution in [0.1, 0.15) is 30.0 Å². The Balaban J connectivity index is 1.49. The van der Waals surface area contributed by atoms with Gasteiger partial charge in [-0.15, -0.1) is 11.3 Å². The number of hydrogen-bond acceptors (Lipinski definition) is 4. The fourth-order valence-corrected chi connectivity index (χ4v) is 4.01. The highest BCUT2D eigenvalue weighted by Gasteiger charge is 2.23. The van der Waals surface area contributed by atoms with Crippen molar-refractivity contribution in [2.45, 2.75) is 25.3 Å². The number of aromatic nitrogens is 4. The second-order valence-corrected chi connectivity index (χ2v) is 6.78. The van der Waals surface area contributed by atoms with Crippen molar-refractivity contribution in [3.05, 3.63) is 47.2 Å². The highest BCUT2D eigenvalue weighted by molar-refractivity contribution is 7.13. The third kappa shape index (κ3) is 2.71. The smallest absolute Gasteiger partial charge is 0.0794 e. The van der Waals surface area contributed by atoms with Gasteiger partial charge in [-0.25, -0.2) is 0 Å². The van der Waals surface area contributed by atoms with Gasteiger partial charge in [0.15, 0.2) is 0 Å². The minimum atomic E-state index is 0.563. The van der Waals surface area contributed by atoms with Crippen molar-refractivity contribution in [3.8, 4) is 10.6 Å². The molecule has 0 amide bonds. The summed E-state index contributed by atoms with van der Waals surface area (Å²) < 4.78 is 0. The second kappa shape index (κ2) is 6.06. The summed E-state index contributed by atoms with van der Waals surface area (Å²) in [5.74, 6) is 0.563. The molecule has 1 saturated heterocycles. The van der Waals surface area contributed by atoms with Gasteiger partial charge in [0.2, 0.25) is 0 Å². The zero-order chi connectivity index (χ0) is 14.8. The molecule has 1 aliphatic heterocycles. The van der Waals surface area contributed by atoms with Crippen molar-refractivity contribution >= 4 is 11.3 Å². The van der Waals surface area contributed by atoms with Gasteiger partial charge in [0.05, 0.1) is 16.8 Å². The van der Waals surface area contributed by atoms with E-state index in [9.17, 15) is 0 Å². The van der Waals surface area contributed by atoms with Gasteiger partial charge < -0.3 is 0 Å². The van der Waals surface area contributed by atoms with Crippen LogP contribution < -0.4 is 0 Å². The summed E-state index contributed by atoms with van der Waals surface area (Å²) in [7, 11) is 0. The van der Waals surface area contributed by atoms with Gasteiger partial charge >= 0.3 is 0 Å². The molecule has 6 heteroatoms. The van der Waals surface area contributed by atoms with Gasteiger partial charge in [-0.2, -0.15) is 10.2 Å². The predicted octanol–water partition coefficient (Wildman–Crippen LogP) is 3.24. The van der Waals surface area contributed by atoms with Crippen LogP contribution >= 0.6 is 11.3 Å². The Morgan fingerprint density at radius 1 is 1.27 bits per heavy atom. The maximum absolute atomic E-state index is 4.25. The molecule has 0 radical (unpaired) electrons. The number of rotatable bonds is 4. The number of nitrogens with zero attached hydrogens (tertiary/aromatic N) is 3. The van der Waals surface area contributed by atoms with Crippen molar-refractivity contribution in [1.82, 2.24) is 25.3 Å². The molecule has 4 heterocycles. The van der Waals surface area contributed by atoms with Gasteiger partial charge in [-0.1, -0.05) is 6.07 Å². The minimum absolute atomic E-state index is 0.563. The Labute approximate surface area is 133 Å². The van der Waals surface area contributed by atoms with E-state index in [4.69, 9.17) is 0 Å². The van der Waals surface area contributed by atoms with Crippen LogP contribution in [0.2, 0.25) is 0 Å². The predicted molar refractivity (Wildman–Crippen MR) is 87.7 cm³/mol. The minimum Gasteiger partial charge on any atom is -0.298 e. The van der Waals surface area contributed by atoms with Crippen LogP contribution in [-0.2, 0) is 6.54 Å². The summed E-state index contributed by atoms with van der Waals surface area (Å²) in [4.78, 5) is 3.78. The molecule has 0 aromatic carbocycles. The molecule has 5 nitrogen and oxygen atoms in total. The van der Waals surface area contributed by atoms with E-state index in [1.54, 1.807) is 11.3 Å². The summed E-state index contributed by atoms with van der Waals surface area (Å²) in [6.45, 7) is 3.19. The molecule has 0 saturated carbocycles. The summed E-state index contributed by atoms with van der Waals surface area (Å²) in [6.07, 6.45) is 6.28. The molecule has 3 aromatic rings. The monoisotopic (exact) mass is 313 g/mol. The van der Waals surface area contributed by atoms with Gasteiger partial charge in [-0.3, -0.25) is 15.1 Å². The third-order valence-corrected chi connectivity index (χ3v) is 5.23. The van der Waals surface area contributed by atoms with E-state index >= 15 is 0 Å². The Hall–Kier alpha value is -1.92. The topological polar surface area (TPSA) is 60.6 Å². The molecule has 4 rings (SSSR count). The van der Waals surface area contributed by atoms with E-state index in [0.29, 0.717) is 5.92 Å². The Bertz CT molecular complexity index is 701. The van der Waals surface area contributed by atoms with Crippen molar-refractivity contribution in [2.24, 2.45) is 0 Å². The largest absolute Gasteiger partial charge is 0.298 e. The number of likely N-dealkylation sites (tertiary alicyclic amines) is 1. The molecule has 0 aliphatic carbocycles. The Morgan fingerprint density at radius 2 is 2.27 bits per heavy atom. The van der Waals surface area contributed by atoms with Crippen LogP contribution in [0.4, 0.5) is 0 Å². The maximum Gasteiger partial charge on any atom is 0.0794 e. The number of thiophene rings is 1.